The predicted molar refractivity (Wildman–Crippen MR) is 109 cm³/mol. The van der Waals surface area contributed by atoms with E-state index in [1.807, 2.05) is 54.6 Å². The first kappa shape index (κ1) is 17.4. The smallest absolute Gasteiger partial charge is 0.350 e. The van der Waals surface area contributed by atoms with E-state index in [1.54, 1.807) is 6.07 Å². The molecule has 0 saturated heterocycles. The fraction of sp³-hybridized carbons (Fsp3) is 0.0500. The van der Waals surface area contributed by atoms with Gasteiger partial charge in [-0.25, -0.2) is 9.78 Å². The zero-order valence-corrected chi connectivity index (χ0v) is 15.9. The molecule has 0 saturated carbocycles. The van der Waals surface area contributed by atoms with Crippen molar-refractivity contribution in [2.45, 2.75) is 0 Å². The van der Waals surface area contributed by atoms with E-state index >= 15 is 0 Å². The van der Waals surface area contributed by atoms with Crippen LogP contribution in [0.5, 0.6) is 0 Å². The number of ether oxygens (including phenoxy) is 1. The summed E-state index contributed by atoms with van der Waals surface area (Å²) >= 11 is 2.59. The highest BCUT2D eigenvalue weighted by Crippen LogP contribution is 2.35. The summed E-state index contributed by atoms with van der Waals surface area (Å²) in [7, 11) is 1.32. The van der Waals surface area contributed by atoms with Crippen molar-refractivity contribution >= 4 is 50.5 Å². The molecule has 134 valence electrons. The number of para-hydroxylation sites is 1. The Bertz CT molecular complexity index is 1100. The maximum absolute atomic E-state index is 12.7. The molecule has 0 radical (unpaired) electrons. The van der Waals surface area contributed by atoms with Crippen LogP contribution < -0.4 is 5.32 Å². The first-order valence-electron chi connectivity index (χ1n) is 8.10. The first-order valence-corrected chi connectivity index (χ1v) is 9.73. The van der Waals surface area contributed by atoms with Gasteiger partial charge in [0.25, 0.3) is 5.91 Å². The summed E-state index contributed by atoms with van der Waals surface area (Å²) in [5.41, 5.74) is 2.17. The van der Waals surface area contributed by atoms with Crippen molar-refractivity contribution in [2.24, 2.45) is 0 Å². The van der Waals surface area contributed by atoms with Gasteiger partial charge in [0.1, 0.15) is 4.88 Å². The van der Waals surface area contributed by atoms with Crippen LogP contribution in [0.2, 0.25) is 0 Å². The molecular formula is C20H14N2O3S2. The van der Waals surface area contributed by atoms with Gasteiger partial charge in [0.05, 0.1) is 23.0 Å². The molecule has 2 aromatic carbocycles. The van der Waals surface area contributed by atoms with Gasteiger partial charge in [-0.05, 0) is 23.8 Å². The Morgan fingerprint density at radius 3 is 2.48 bits per heavy atom. The summed E-state index contributed by atoms with van der Waals surface area (Å²) < 4.78 is 5.80. The second kappa shape index (κ2) is 7.30. The predicted octanol–water partition coefficient (Wildman–Crippen LogP) is 5.06. The summed E-state index contributed by atoms with van der Waals surface area (Å²) in [6, 6.07) is 19.0. The molecule has 4 rings (SSSR count). The molecule has 0 aliphatic rings. The number of anilines is 1. The van der Waals surface area contributed by atoms with Crippen LogP contribution in [0.3, 0.4) is 0 Å². The molecule has 2 aromatic heterocycles. The lowest BCUT2D eigenvalue weighted by Gasteiger charge is -2.03. The van der Waals surface area contributed by atoms with Gasteiger partial charge in [-0.2, -0.15) is 0 Å². The average Bonchev–Trinajstić information content (AvgIpc) is 3.32. The lowest BCUT2D eigenvalue weighted by atomic mass is 10.2. The number of fused-ring (bicyclic) bond motifs is 1. The number of carbonyl (C=O) groups is 2. The molecule has 0 unspecified atom stereocenters. The molecule has 0 spiro atoms. The van der Waals surface area contributed by atoms with Crippen LogP contribution in [0.15, 0.2) is 60.7 Å². The number of rotatable bonds is 4. The summed E-state index contributed by atoms with van der Waals surface area (Å²) in [6.45, 7) is 0. The Labute approximate surface area is 163 Å². The van der Waals surface area contributed by atoms with Crippen LogP contribution in [0.25, 0.3) is 20.7 Å². The highest BCUT2D eigenvalue weighted by atomic mass is 32.1. The van der Waals surface area contributed by atoms with Crippen molar-refractivity contribution in [3.63, 3.8) is 0 Å². The van der Waals surface area contributed by atoms with Crippen LogP contribution in [-0.2, 0) is 4.74 Å². The highest BCUT2D eigenvalue weighted by molar-refractivity contribution is 7.20. The van der Waals surface area contributed by atoms with Crippen molar-refractivity contribution < 1.29 is 14.3 Å². The minimum Gasteiger partial charge on any atom is -0.465 e. The summed E-state index contributed by atoms with van der Waals surface area (Å²) in [4.78, 5) is 30.4. The quantitative estimate of drug-likeness (QED) is 0.491. The normalized spacial score (nSPS) is 10.7. The van der Waals surface area contributed by atoms with E-state index in [0.29, 0.717) is 15.6 Å². The van der Waals surface area contributed by atoms with E-state index < -0.39 is 5.97 Å². The third kappa shape index (κ3) is 3.47. The average molecular weight is 394 g/mol. The number of hydrogen-bond donors (Lipinski definition) is 1. The monoisotopic (exact) mass is 394 g/mol. The maximum Gasteiger partial charge on any atom is 0.350 e. The Hall–Kier alpha value is -3.03. The van der Waals surface area contributed by atoms with E-state index in [9.17, 15) is 9.59 Å². The molecule has 2 heterocycles. The minimum absolute atomic E-state index is 0.347. The van der Waals surface area contributed by atoms with Crippen LogP contribution in [0.1, 0.15) is 19.5 Å². The van der Waals surface area contributed by atoms with E-state index in [4.69, 9.17) is 4.74 Å². The number of methoxy groups -OCH3 is 1. The first-order chi connectivity index (χ1) is 13.2. The van der Waals surface area contributed by atoms with Gasteiger partial charge in [-0.1, -0.05) is 42.5 Å². The van der Waals surface area contributed by atoms with Crippen LogP contribution >= 0.6 is 22.7 Å². The molecule has 0 aliphatic carbocycles. The molecular weight excluding hydrogens is 380 g/mol. The molecule has 1 amide bonds. The summed E-state index contributed by atoms with van der Waals surface area (Å²) in [5.74, 6) is -0.833. The number of esters is 1. The second-order valence-electron chi connectivity index (χ2n) is 5.65. The molecule has 4 aromatic rings. The number of benzene rings is 2. The van der Waals surface area contributed by atoms with Crippen molar-refractivity contribution in [2.75, 3.05) is 12.4 Å². The lowest BCUT2D eigenvalue weighted by molar-refractivity contribution is 0.0607. The molecule has 0 aliphatic heterocycles. The maximum atomic E-state index is 12.7. The molecule has 7 heteroatoms. The Morgan fingerprint density at radius 1 is 1.00 bits per heavy atom. The third-order valence-electron chi connectivity index (χ3n) is 3.90. The lowest BCUT2D eigenvalue weighted by Crippen LogP contribution is -2.13. The molecule has 0 atom stereocenters. The zero-order valence-electron chi connectivity index (χ0n) is 14.3. The SMILES string of the molecule is COC(=O)c1sc(-c2ccccc2)cc1NC(=O)c1nc2ccccc2s1. The van der Waals surface area contributed by atoms with Crippen LogP contribution in [0.4, 0.5) is 5.69 Å². The van der Waals surface area contributed by atoms with Gasteiger partial charge in [-0.15, -0.1) is 22.7 Å². The molecule has 0 bridgehead atoms. The summed E-state index contributed by atoms with van der Waals surface area (Å²) in [5, 5.41) is 3.16. The molecule has 27 heavy (non-hydrogen) atoms. The van der Waals surface area contributed by atoms with Crippen molar-refractivity contribution in [1.29, 1.82) is 0 Å². The number of aromatic nitrogens is 1. The Kier molecular flexibility index (Phi) is 4.70. The van der Waals surface area contributed by atoms with Gasteiger partial charge < -0.3 is 10.1 Å². The molecule has 5 nitrogen and oxygen atoms in total. The fourth-order valence-electron chi connectivity index (χ4n) is 2.62. The molecule has 1 N–H and O–H groups in total. The molecule has 0 fully saturated rings. The number of hydrogen-bond acceptors (Lipinski definition) is 6. The van der Waals surface area contributed by atoms with Crippen molar-refractivity contribution in [1.82, 2.24) is 4.98 Å². The number of thiophene rings is 1. The zero-order chi connectivity index (χ0) is 18.8. The number of nitrogens with one attached hydrogen (secondary N) is 1. The van der Waals surface area contributed by atoms with E-state index in [-0.39, 0.29) is 5.91 Å². The van der Waals surface area contributed by atoms with Gasteiger partial charge in [0.2, 0.25) is 0 Å². The standard InChI is InChI=1S/C20H14N2O3S2/c1-25-20(24)17-14(11-16(26-17)12-7-3-2-4-8-12)21-18(23)19-22-13-9-5-6-10-15(13)27-19/h2-11H,1H3,(H,21,23). The van der Waals surface area contributed by atoms with Gasteiger partial charge in [-0.3, -0.25) is 4.79 Å². The largest absolute Gasteiger partial charge is 0.465 e. The van der Waals surface area contributed by atoms with Gasteiger partial charge >= 0.3 is 5.97 Å². The third-order valence-corrected chi connectivity index (χ3v) is 6.10. The highest BCUT2D eigenvalue weighted by Gasteiger charge is 2.21. The van der Waals surface area contributed by atoms with Crippen LogP contribution in [-0.4, -0.2) is 24.0 Å². The van der Waals surface area contributed by atoms with Gasteiger partial charge in [0, 0.05) is 4.88 Å². The van der Waals surface area contributed by atoms with Gasteiger partial charge in [0.15, 0.2) is 5.01 Å². The topological polar surface area (TPSA) is 68.3 Å². The summed E-state index contributed by atoms with van der Waals surface area (Å²) in [6.07, 6.45) is 0. The van der Waals surface area contributed by atoms with Crippen LogP contribution in [0, 0.1) is 0 Å². The van der Waals surface area contributed by atoms with E-state index in [2.05, 4.69) is 10.3 Å². The fourth-order valence-corrected chi connectivity index (χ4v) is 4.52. The Balaban J connectivity index is 1.68. The number of nitrogens with zero attached hydrogens (tertiary/aromatic N) is 1. The van der Waals surface area contributed by atoms with Crippen molar-refractivity contribution in [3.8, 4) is 10.4 Å². The van der Waals surface area contributed by atoms with E-state index in [1.165, 1.54) is 29.8 Å². The second-order valence-corrected chi connectivity index (χ2v) is 7.73. The number of carbonyl (C=O) groups excluding carboxylic acids is 2. The Morgan fingerprint density at radius 2 is 1.74 bits per heavy atom. The van der Waals surface area contributed by atoms with E-state index in [0.717, 1.165) is 20.7 Å². The van der Waals surface area contributed by atoms with Crippen molar-refractivity contribution in [3.05, 3.63) is 70.5 Å². The number of thiazole rings is 1. The minimum atomic E-state index is -0.484. The number of amides is 1.